The number of nitrogens with zero attached hydrogens (tertiary/aromatic N) is 2. The van der Waals surface area contributed by atoms with E-state index in [2.05, 4.69) is 22.4 Å². The molecule has 1 rings (SSSR count). The number of ether oxygens (including phenoxy) is 1. The van der Waals surface area contributed by atoms with Gasteiger partial charge in [0.25, 0.3) is 0 Å². The van der Waals surface area contributed by atoms with Gasteiger partial charge in [-0.1, -0.05) is 6.92 Å². The molecule has 1 aromatic rings. The van der Waals surface area contributed by atoms with Crippen molar-refractivity contribution < 1.29 is 4.74 Å². The van der Waals surface area contributed by atoms with Gasteiger partial charge >= 0.3 is 0 Å². The second-order valence-electron chi connectivity index (χ2n) is 4.04. The number of hydrogen-bond acceptors (Lipinski definition) is 5. The molecule has 0 radical (unpaired) electrons. The number of aryl methyl sites for hydroxylation is 2. The summed E-state index contributed by atoms with van der Waals surface area (Å²) in [5.41, 5.74) is 0. The molecule has 0 aliphatic carbocycles. The Labute approximate surface area is 108 Å². The molecule has 0 bridgehead atoms. The molecule has 17 heavy (non-hydrogen) atoms. The third-order valence-corrected chi connectivity index (χ3v) is 3.46. The van der Waals surface area contributed by atoms with Crippen LogP contribution in [0.2, 0.25) is 0 Å². The van der Waals surface area contributed by atoms with Crippen molar-refractivity contribution in [3.05, 3.63) is 10.0 Å². The summed E-state index contributed by atoms with van der Waals surface area (Å²) >= 11 is 1.74. The van der Waals surface area contributed by atoms with Gasteiger partial charge in [-0.15, -0.1) is 21.5 Å². The van der Waals surface area contributed by atoms with Gasteiger partial charge in [0, 0.05) is 26.6 Å². The second kappa shape index (κ2) is 9.50. The average Bonchev–Trinajstić information content (AvgIpc) is 2.77. The summed E-state index contributed by atoms with van der Waals surface area (Å²) in [6, 6.07) is 0. The molecule has 98 valence electrons. The van der Waals surface area contributed by atoms with E-state index in [-0.39, 0.29) is 0 Å². The van der Waals surface area contributed by atoms with Gasteiger partial charge in [0.2, 0.25) is 0 Å². The molecule has 1 heterocycles. The summed E-state index contributed by atoms with van der Waals surface area (Å²) in [6.07, 6.45) is 5.40. The number of nitrogens with one attached hydrogen (secondary N) is 1. The fourth-order valence-electron chi connectivity index (χ4n) is 1.52. The van der Waals surface area contributed by atoms with Crippen LogP contribution in [0, 0.1) is 0 Å². The molecule has 0 atom stereocenters. The first-order chi connectivity index (χ1) is 8.36. The van der Waals surface area contributed by atoms with Gasteiger partial charge in [-0.2, -0.15) is 0 Å². The summed E-state index contributed by atoms with van der Waals surface area (Å²) in [4.78, 5) is 0. The van der Waals surface area contributed by atoms with Gasteiger partial charge in [0.15, 0.2) is 0 Å². The summed E-state index contributed by atoms with van der Waals surface area (Å²) in [5.74, 6) is 0. The van der Waals surface area contributed by atoms with E-state index in [0.717, 1.165) is 55.4 Å². The SMILES string of the molecule is CCCNCCCc1nnc(CCCOC)s1. The maximum Gasteiger partial charge on any atom is 0.117 e. The first-order valence-electron chi connectivity index (χ1n) is 6.37. The standard InChI is InChI=1S/C12H23N3OS/c1-3-8-13-9-4-6-11-14-15-12(17-11)7-5-10-16-2/h13H,3-10H2,1-2H3. The topological polar surface area (TPSA) is 47.0 Å². The third kappa shape index (κ3) is 6.71. The fourth-order valence-corrected chi connectivity index (χ4v) is 2.45. The van der Waals surface area contributed by atoms with Gasteiger partial charge in [-0.25, -0.2) is 0 Å². The van der Waals surface area contributed by atoms with Crippen LogP contribution in [0.4, 0.5) is 0 Å². The van der Waals surface area contributed by atoms with E-state index in [1.54, 1.807) is 18.4 Å². The molecule has 0 saturated carbocycles. The highest BCUT2D eigenvalue weighted by atomic mass is 32.1. The van der Waals surface area contributed by atoms with Gasteiger partial charge in [0.1, 0.15) is 10.0 Å². The Hall–Kier alpha value is -0.520. The zero-order valence-electron chi connectivity index (χ0n) is 10.9. The molecule has 0 aliphatic heterocycles. The van der Waals surface area contributed by atoms with Crippen molar-refractivity contribution in [3.8, 4) is 0 Å². The molecule has 0 saturated heterocycles. The lowest BCUT2D eigenvalue weighted by atomic mass is 10.3. The first kappa shape index (κ1) is 14.5. The number of aromatic nitrogens is 2. The van der Waals surface area contributed by atoms with Gasteiger partial charge in [-0.05, 0) is 32.4 Å². The predicted octanol–water partition coefficient (Wildman–Crippen LogP) is 2.05. The molecule has 0 spiro atoms. The zero-order valence-corrected chi connectivity index (χ0v) is 11.7. The van der Waals surface area contributed by atoms with E-state index in [0.29, 0.717) is 0 Å². The van der Waals surface area contributed by atoms with E-state index in [4.69, 9.17) is 4.74 Å². The van der Waals surface area contributed by atoms with Gasteiger partial charge < -0.3 is 10.1 Å². The fraction of sp³-hybridized carbons (Fsp3) is 0.833. The highest BCUT2D eigenvalue weighted by molar-refractivity contribution is 7.11. The molecule has 0 aliphatic rings. The first-order valence-corrected chi connectivity index (χ1v) is 7.19. The summed E-state index contributed by atoms with van der Waals surface area (Å²) in [7, 11) is 1.73. The Morgan fingerprint density at radius 1 is 1.12 bits per heavy atom. The highest BCUT2D eigenvalue weighted by Crippen LogP contribution is 2.13. The summed E-state index contributed by atoms with van der Waals surface area (Å²) in [6.45, 7) is 5.17. The van der Waals surface area contributed by atoms with Crippen LogP contribution in [0.25, 0.3) is 0 Å². The van der Waals surface area contributed by atoms with E-state index in [9.17, 15) is 0 Å². The van der Waals surface area contributed by atoms with Crippen LogP contribution in [0.1, 0.15) is 36.2 Å². The highest BCUT2D eigenvalue weighted by Gasteiger charge is 2.03. The Kier molecular flexibility index (Phi) is 8.13. The molecule has 0 fully saturated rings. The monoisotopic (exact) mass is 257 g/mol. The molecular formula is C12H23N3OS. The normalized spacial score (nSPS) is 10.9. The predicted molar refractivity (Wildman–Crippen MR) is 71.6 cm³/mol. The lowest BCUT2D eigenvalue weighted by Crippen LogP contribution is -2.16. The quantitative estimate of drug-likeness (QED) is 0.652. The smallest absolute Gasteiger partial charge is 0.117 e. The van der Waals surface area contributed by atoms with Gasteiger partial charge in [0.05, 0.1) is 0 Å². The Bertz CT molecular complexity index is 291. The van der Waals surface area contributed by atoms with E-state index < -0.39 is 0 Å². The molecule has 0 aromatic carbocycles. The summed E-state index contributed by atoms with van der Waals surface area (Å²) < 4.78 is 5.02. The van der Waals surface area contributed by atoms with Crippen molar-refractivity contribution >= 4 is 11.3 Å². The molecule has 5 heteroatoms. The molecule has 1 aromatic heterocycles. The van der Waals surface area contributed by atoms with E-state index >= 15 is 0 Å². The summed E-state index contributed by atoms with van der Waals surface area (Å²) in [5, 5.41) is 14.1. The maximum atomic E-state index is 5.02. The van der Waals surface area contributed by atoms with Crippen molar-refractivity contribution in [2.45, 2.75) is 39.0 Å². The molecule has 1 N–H and O–H groups in total. The van der Waals surface area contributed by atoms with Gasteiger partial charge in [-0.3, -0.25) is 0 Å². The average molecular weight is 257 g/mol. The van der Waals surface area contributed by atoms with Crippen molar-refractivity contribution in [1.29, 1.82) is 0 Å². The molecule has 4 nitrogen and oxygen atoms in total. The molecular weight excluding hydrogens is 234 g/mol. The van der Waals surface area contributed by atoms with Crippen LogP contribution in [0.5, 0.6) is 0 Å². The minimum atomic E-state index is 0.801. The lowest BCUT2D eigenvalue weighted by molar-refractivity contribution is 0.195. The third-order valence-electron chi connectivity index (χ3n) is 2.42. The van der Waals surface area contributed by atoms with E-state index in [1.165, 1.54) is 6.42 Å². The van der Waals surface area contributed by atoms with Crippen molar-refractivity contribution in [1.82, 2.24) is 15.5 Å². The maximum absolute atomic E-state index is 5.02. The number of methoxy groups -OCH3 is 1. The molecule has 0 amide bonds. The van der Waals surface area contributed by atoms with Crippen molar-refractivity contribution in [2.24, 2.45) is 0 Å². The van der Waals surface area contributed by atoms with Crippen molar-refractivity contribution in [3.63, 3.8) is 0 Å². The number of hydrogen-bond donors (Lipinski definition) is 1. The largest absolute Gasteiger partial charge is 0.385 e. The minimum Gasteiger partial charge on any atom is -0.385 e. The van der Waals surface area contributed by atoms with Crippen molar-refractivity contribution in [2.75, 3.05) is 26.8 Å². The van der Waals surface area contributed by atoms with Crippen LogP contribution in [0.3, 0.4) is 0 Å². The number of rotatable bonds is 10. The second-order valence-corrected chi connectivity index (χ2v) is 5.19. The Morgan fingerprint density at radius 2 is 1.82 bits per heavy atom. The lowest BCUT2D eigenvalue weighted by Gasteiger charge is -1.99. The van der Waals surface area contributed by atoms with Crippen LogP contribution in [-0.2, 0) is 17.6 Å². The minimum absolute atomic E-state index is 0.801. The molecule has 0 unspecified atom stereocenters. The zero-order chi connectivity index (χ0) is 12.3. The van der Waals surface area contributed by atoms with Crippen LogP contribution < -0.4 is 5.32 Å². The van der Waals surface area contributed by atoms with Crippen LogP contribution >= 0.6 is 11.3 Å². The van der Waals surface area contributed by atoms with Crippen LogP contribution in [-0.4, -0.2) is 37.0 Å². The van der Waals surface area contributed by atoms with E-state index in [1.807, 2.05) is 0 Å². The van der Waals surface area contributed by atoms with Crippen LogP contribution in [0.15, 0.2) is 0 Å². The Balaban J connectivity index is 2.12. The Morgan fingerprint density at radius 3 is 2.47 bits per heavy atom.